The van der Waals surface area contributed by atoms with Crippen LogP contribution in [0.25, 0.3) is 0 Å². The van der Waals surface area contributed by atoms with Crippen LogP contribution in [0.3, 0.4) is 0 Å². The van der Waals surface area contributed by atoms with Gasteiger partial charge in [-0.25, -0.2) is 9.97 Å². The van der Waals surface area contributed by atoms with E-state index in [-0.39, 0.29) is 0 Å². The molecule has 0 atom stereocenters. The second kappa shape index (κ2) is 6.18. The van der Waals surface area contributed by atoms with E-state index in [1.165, 1.54) is 17.5 Å². The first-order chi connectivity index (χ1) is 9.26. The lowest BCUT2D eigenvalue weighted by Crippen LogP contribution is -2.09. The number of rotatable bonds is 5. The van der Waals surface area contributed by atoms with Gasteiger partial charge in [0.1, 0.15) is 18.0 Å². The van der Waals surface area contributed by atoms with Crippen LogP contribution in [0.2, 0.25) is 0 Å². The summed E-state index contributed by atoms with van der Waals surface area (Å²) in [5.74, 6) is 1.39. The van der Waals surface area contributed by atoms with Gasteiger partial charge < -0.3 is 11.1 Å². The van der Waals surface area contributed by atoms with E-state index in [4.69, 9.17) is 5.73 Å². The minimum Gasteiger partial charge on any atom is -0.383 e. The van der Waals surface area contributed by atoms with Crippen molar-refractivity contribution in [2.75, 3.05) is 11.1 Å². The quantitative estimate of drug-likeness (QED) is 0.863. The zero-order chi connectivity index (χ0) is 13.7. The van der Waals surface area contributed by atoms with Crippen molar-refractivity contribution in [1.82, 2.24) is 9.97 Å². The van der Waals surface area contributed by atoms with Gasteiger partial charge in [-0.1, -0.05) is 38.1 Å². The van der Waals surface area contributed by atoms with Crippen LogP contribution in [0, 0.1) is 0 Å². The summed E-state index contributed by atoms with van der Waals surface area (Å²) in [4.78, 5) is 8.30. The van der Waals surface area contributed by atoms with Crippen molar-refractivity contribution in [3.8, 4) is 0 Å². The summed E-state index contributed by atoms with van der Waals surface area (Å²) < 4.78 is 0. The standard InChI is InChI=1S/C15H20N4/c1-3-11-7-5-6-8-12(11)9-17-15-13(4-2)14(16)18-10-19-15/h5-8,10H,3-4,9H2,1-2H3,(H3,16,17,18,19). The van der Waals surface area contributed by atoms with Crippen molar-refractivity contribution in [2.24, 2.45) is 0 Å². The zero-order valence-electron chi connectivity index (χ0n) is 11.5. The zero-order valence-corrected chi connectivity index (χ0v) is 11.5. The average Bonchev–Trinajstić information content (AvgIpc) is 2.45. The first-order valence-corrected chi connectivity index (χ1v) is 6.66. The fourth-order valence-corrected chi connectivity index (χ4v) is 2.18. The predicted molar refractivity (Wildman–Crippen MR) is 79.0 cm³/mol. The maximum atomic E-state index is 5.87. The molecule has 0 radical (unpaired) electrons. The van der Waals surface area contributed by atoms with Crippen LogP contribution in [-0.4, -0.2) is 9.97 Å². The summed E-state index contributed by atoms with van der Waals surface area (Å²) in [6, 6.07) is 8.43. The molecule has 0 aliphatic carbocycles. The molecule has 1 aromatic heterocycles. The van der Waals surface area contributed by atoms with Gasteiger partial charge in [0, 0.05) is 12.1 Å². The van der Waals surface area contributed by atoms with Gasteiger partial charge in [-0.15, -0.1) is 0 Å². The second-order valence-corrected chi connectivity index (χ2v) is 4.42. The van der Waals surface area contributed by atoms with Crippen molar-refractivity contribution >= 4 is 11.6 Å². The number of anilines is 2. The van der Waals surface area contributed by atoms with Gasteiger partial charge in [-0.05, 0) is 24.0 Å². The molecule has 0 aliphatic heterocycles. The number of nitrogens with two attached hydrogens (primary N) is 1. The van der Waals surface area contributed by atoms with E-state index in [9.17, 15) is 0 Å². The van der Waals surface area contributed by atoms with Gasteiger partial charge in [-0.3, -0.25) is 0 Å². The molecular formula is C15H20N4. The fraction of sp³-hybridized carbons (Fsp3) is 0.333. The van der Waals surface area contributed by atoms with Crippen LogP contribution < -0.4 is 11.1 Å². The molecule has 4 nitrogen and oxygen atoms in total. The van der Waals surface area contributed by atoms with Crippen LogP contribution in [0.15, 0.2) is 30.6 Å². The number of aromatic nitrogens is 2. The Kier molecular flexibility index (Phi) is 4.34. The summed E-state index contributed by atoms with van der Waals surface area (Å²) in [5, 5.41) is 3.36. The Morgan fingerprint density at radius 3 is 2.47 bits per heavy atom. The predicted octanol–water partition coefficient (Wildman–Crippen LogP) is 2.80. The SMILES string of the molecule is CCc1ccccc1CNc1ncnc(N)c1CC. The average molecular weight is 256 g/mol. The van der Waals surface area contributed by atoms with Gasteiger partial charge in [-0.2, -0.15) is 0 Å². The molecule has 19 heavy (non-hydrogen) atoms. The Labute approximate surface area is 114 Å². The first-order valence-electron chi connectivity index (χ1n) is 6.66. The minimum absolute atomic E-state index is 0.559. The smallest absolute Gasteiger partial charge is 0.134 e. The van der Waals surface area contributed by atoms with Crippen LogP contribution in [0.5, 0.6) is 0 Å². The van der Waals surface area contributed by atoms with Crippen molar-refractivity contribution in [2.45, 2.75) is 33.2 Å². The van der Waals surface area contributed by atoms with E-state index in [0.29, 0.717) is 5.82 Å². The highest BCUT2D eigenvalue weighted by Crippen LogP contribution is 2.19. The first kappa shape index (κ1) is 13.3. The summed E-state index contributed by atoms with van der Waals surface area (Å²) in [6.45, 7) is 4.98. The summed E-state index contributed by atoms with van der Waals surface area (Å²) in [5.41, 5.74) is 9.50. The maximum Gasteiger partial charge on any atom is 0.134 e. The summed E-state index contributed by atoms with van der Waals surface area (Å²) >= 11 is 0. The molecule has 2 aromatic rings. The van der Waals surface area contributed by atoms with E-state index < -0.39 is 0 Å². The number of benzene rings is 1. The Morgan fingerprint density at radius 1 is 1.05 bits per heavy atom. The third-order valence-electron chi connectivity index (χ3n) is 3.28. The molecule has 0 unspecified atom stereocenters. The Balaban J connectivity index is 2.17. The van der Waals surface area contributed by atoms with E-state index in [1.54, 1.807) is 0 Å². The van der Waals surface area contributed by atoms with Gasteiger partial charge in [0.2, 0.25) is 0 Å². The molecule has 0 amide bonds. The molecule has 3 N–H and O–H groups in total. The highest BCUT2D eigenvalue weighted by atomic mass is 15.0. The van der Waals surface area contributed by atoms with Crippen molar-refractivity contribution < 1.29 is 0 Å². The minimum atomic E-state index is 0.559. The molecule has 0 fully saturated rings. The summed E-state index contributed by atoms with van der Waals surface area (Å²) in [6.07, 6.45) is 3.36. The highest BCUT2D eigenvalue weighted by Gasteiger charge is 2.07. The second-order valence-electron chi connectivity index (χ2n) is 4.42. The molecule has 100 valence electrons. The Hall–Kier alpha value is -2.10. The van der Waals surface area contributed by atoms with E-state index in [2.05, 4.69) is 53.4 Å². The van der Waals surface area contributed by atoms with Crippen LogP contribution in [-0.2, 0) is 19.4 Å². The number of nitrogen functional groups attached to an aromatic ring is 1. The monoisotopic (exact) mass is 256 g/mol. The lowest BCUT2D eigenvalue weighted by Gasteiger charge is -2.13. The molecule has 0 saturated heterocycles. The molecule has 0 bridgehead atoms. The van der Waals surface area contributed by atoms with Gasteiger partial charge in [0.15, 0.2) is 0 Å². The number of hydrogen-bond acceptors (Lipinski definition) is 4. The number of nitrogens with zero attached hydrogens (tertiary/aromatic N) is 2. The number of nitrogens with one attached hydrogen (secondary N) is 1. The Bertz CT molecular complexity index is 552. The molecular weight excluding hydrogens is 236 g/mol. The van der Waals surface area contributed by atoms with Gasteiger partial charge >= 0.3 is 0 Å². The molecule has 1 heterocycles. The maximum absolute atomic E-state index is 5.87. The summed E-state index contributed by atoms with van der Waals surface area (Å²) in [7, 11) is 0. The van der Waals surface area contributed by atoms with E-state index in [0.717, 1.165) is 30.8 Å². The van der Waals surface area contributed by atoms with Gasteiger partial charge in [0.05, 0.1) is 0 Å². The van der Waals surface area contributed by atoms with Crippen LogP contribution in [0.1, 0.15) is 30.5 Å². The third kappa shape index (κ3) is 3.02. The van der Waals surface area contributed by atoms with Crippen molar-refractivity contribution in [3.05, 3.63) is 47.3 Å². The third-order valence-corrected chi connectivity index (χ3v) is 3.28. The number of hydrogen-bond donors (Lipinski definition) is 2. The topological polar surface area (TPSA) is 63.8 Å². The molecule has 2 rings (SSSR count). The van der Waals surface area contributed by atoms with Gasteiger partial charge in [0.25, 0.3) is 0 Å². The van der Waals surface area contributed by atoms with Crippen molar-refractivity contribution in [3.63, 3.8) is 0 Å². The molecule has 1 aromatic carbocycles. The lowest BCUT2D eigenvalue weighted by molar-refractivity contribution is 0.997. The van der Waals surface area contributed by atoms with Crippen LogP contribution in [0.4, 0.5) is 11.6 Å². The normalized spacial score (nSPS) is 10.4. The molecule has 0 spiro atoms. The highest BCUT2D eigenvalue weighted by molar-refractivity contribution is 5.55. The molecule has 4 heteroatoms. The fourth-order valence-electron chi connectivity index (χ4n) is 2.18. The Morgan fingerprint density at radius 2 is 1.79 bits per heavy atom. The molecule has 0 saturated carbocycles. The molecule has 0 aliphatic rings. The van der Waals surface area contributed by atoms with Crippen LogP contribution >= 0.6 is 0 Å². The van der Waals surface area contributed by atoms with E-state index in [1.807, 2.05) is 0 Å². The van der Waals surface area contributed by atoms with Crippen molar-refractivity contribution in [1.29, 1.82) is 0 Å². The number of aryl methyl sites for hydroxylation is 1. The lowest BCUT2D eigenvalue weighted by atomic mass is 10.1. The largest absolute Gasteiger partial charge is 0.383 e. The van der Waals surface area contributed by atoms with E-state index >= 15 is 0 Å².